The van der Waals surface area contributed by atoms with Crippen molar-refractivity contribution >= 4 is 5.91 Å². The third-order valence-corrected chi connectivity index (χ3v) is 2.53. The summed E-state index contributed by atoms with van der Waals surface area (Å²) in [5.41, 5.74) is 2.56. The van der Waals surface area contributed by atoms with E-state index >= 15 is 0 Å². The molecule has 2 heterocycles. The number of rotatable bonds is 3. The monoisotopic (exact) mass is 247 g/mol. The minimum atomic E-state index is -0.487. The fourth-order valence-electron chi connectivity index (χ4n) is 1.68. The number of nitrogens with one attached hydrogen (secondary N) is 1. The van der Waals surface area contributed by atoms with E-state index in [1.807, 2.05) is 5.43 Å². The standard InChI is InChI=1S/C12H13N3O3/c1-8-6-9(18-11(8)12(17)14-13)7-15-5-3-2-4-10(15)16/h2-6H,7,13H2,1H3,(H,14,17). The molecule has 0 aliphatic rings. The number of nitrogens with zero attached hydrogens (tertiary/aromatic N) is 1. The number of hydrogen-bond acceptors (Lipinski definition) is 4. The zero-order valence-electron chi connectivity index (χ0n) is 9.84. The summed E-state index contributed by atoms with van der Waals surface area (Å²) < 4.78 is 6.86. The van der Waals surface area contributed by atoms with E-state index in [0.717, 1.165) is 0 Å². The Kier molecular flexibility index (Phi) is 3.29. The number of nitrogen functional groups attached to an aromatic ring is 1. The number of furan rings is 1. The summed E-state index contributed by atoms with van der Waals surface area (Å²) in [6, 6.07) is 6.59. The fraction of sp³-hybridized carbons (Fsp3) is 0.167. The van der Waals surface area contributed by atoms with Gasteiger partial charge in [0.1, 0.15) is 5.76 Å². The zero-order valence-corrected chi connectivity index (χ0v) is 9.84. The third kappa shape index (κ3) is 2.33. The molecule has 0 fully saturated rings. The lowest BCUT2D eigenvalue weighted by atomic mass is 10.2. The van der Waals surface area contributed by atoms with E-state index in [4.69, 9.17) is 10.3 Å². The smallest absolute Gasteiger partial charge is 0.301 e. The van der Waals surface area contributed by atoms with Crippen LogP contribution < -0.4 is 16.8 Å². The molecule has 3 N–H and O–H groups in total. The summed E-state index contributed by atoms with van der Waals surface area (Å²) in [6.45, 7) is 2.02. The fourth-order valence-corrected chi connectivity index (χ4v) is 1.68. The maximum Gasteiger partial charge on any atom is 0.301 e. The first-order valence-electron chi connectivity index (χ1n) is 5.37. The summed E-state index contributed by atoms with van der Waals surface area (Å²) in [7, 11) is 0. The van der Waals surface area contributed by atoms with E-state index in [0.29, 0.717) is 11.3 Å². The minimum Gasteiger partial charge on any atom is -0.454 e. The number of nitrogens with two attached hydrogens (primary N) is 1. The molecule has 0 aromatic carbocycles. The van der Waals surface area contributed by atoms with Gasteiger partial charge in [0, 0.05) is 17.8 Å². The molecule has 18 heavy (non-hydrogen) atoms. The van der Waals surface area contributed by atoms with E-state index in [1.54, 1.807) is 31.3 Å². The summed E-state index contributed by atoms with van der Waals surface area (Å²) in [5, 5.41) is 0. The Balaban J connectivity index is 2.29. The lowest BCUT2D eigenvalue weighted by Gasteiger charge is -2.01. The molecule has 0 bridgehead atoms. The van der Waals surface area contributed by atoms with Crippen LogP contribution in [0.3, 0.4) is 0 Å². The van der Waals surface area contributed by atoms with Gasteiger partial charge in [-0.2, -0.15) is 0 Å². The predicted octanol–water partition coefficient (Wildman–Crippen LogP) is 0.402. The highest BCUT2D eigenvalue weighted by Crippen LogP contribution is 2.14. The number of pyridine rings is 1. The molecule has 0 aliphatic carbocycles. The highest BCUT2D eigenvalue weighted by atomic mass is 16.4. The van der Waals surface area contributed by atoms with Gasteiger partial charge in [0.2, 0.25) is 0 Å². The van der Waals surface area contributed by atoms with Crippen molar-refractivity contribution in [2.24, 2.45) is 5.84 Å². The van der Waals surface area contributed by atoms with Gasteiger partial charge in [0.15, 0.2) is 5.76 Å². The molecule has 2 aromatic heterocycles. The number of carbonyl (C=O) groups is 1. The van der Waals surface area contributed by atoms with Crippen LogP contribution in [0.5, 0.6) is 0 Å². The van der Waals surface area contributed by atoms with E-state index in [2.05, 4.69) is 0 Å². The average molecular weight is 247 g/mol. The van der Waals surface area contributed by atoms with E-state index < -0.39 is 5.91 Å². The molecule has 6 heteroatoms. The number of aromatic nitrogens is 1. The molecular weight excluding hydrogens is 234 g/mol. The normalized spacial score (nSPS) is 10.3. The molecule has 2 aromatic rings. The molecule has 0 unspecified atom stereocenters. The second-order valence-electron chi connectivity index (χ2n) is 3.87. The summed E-state index contributed by atoms with van der Waals surface area (Å²) in [6.07, 6.45) is 1.66. The van der Waals surface area contributed by atoms with Crippen molar-refractivity contribution in [3.05, 3.63) is 57.9 Å². The van der Waals surface area contributed by atoms with Crippen molar-refractivity contribution in [2.75, 3.05) is 0 Å². The highest BCUT2D eigenvalue weighted by molar-refractivity contribution is 5.92. The van der Waals surface area contributed by atoms with Crippen LogP contribution in [0.1, 0.15) is 21.9 Å². The highest BCUT2D eigenvalue weighted by Gasteiger charge is 2.14. The van der Waals surface area contributed by atoms with Gasteiger partial charge >= 0.3 is 5.91 Å². The molecular formula is C12H13N3O3. The molecule has 0 saturated carbocycles. The van der Waals surface area contributed by atoms with Crippen molar-refractivity contribution in [1.82, 2.24) is 9.99 Å². The van der Waals surface area contributed by atoms with Crippen LogP contribution in [-0.4, -0.2) is 10.5 Å². The van der Waals surface area contributed by atoms with E-state index in [1.165, 1.54) is 10.6 Å². The van der Waals surface area contributed by atoms with Crippen molar-refractivity contribution in [1.29, 1.82) is 0 Å². The molecule has 6 nitrogen and oxygen atoms in total. The Morgan fingerprint density at radius 1 is 1.50 bits per heavy atom. The Morgan fingerprint density at radius 2 is 2.28 bits per heavy atom. The summed E-state index contributed by atoms with van der Waals surface area (Å²) in [5.74, 6) is 5.25. The second-order valence-corrected chi connectivity index (χ2v) is 3.87. The Hall–Kier alpha value is -2.34. The largest absolute Gasteiger partial charge is 0.454 e. The molecule has 0 saturated heterocycles. The van der Waals surface area contributed by atoms with Crippen LogP contribution in [0.2, 0.25) is 0 Å². The number of carbonyl (C=O) groups excluding carboxylic acids is 1. The molecule has 2 rings (SSSR count). The van der Waals surface area contributed by atoms with Crippen LogP contribution in [0.15, 0.2) is 39.7 Å². The second kappa shape index (κ2) is 4.89. The van der Waals surface area contributed by atoms with Gasteiger partial charge in [-0.25, -0.2) is 5.84 Å². The number of amides is 1. The quantitative estimate of drug-likeness (QED) is 0.466. The van der Waals surface area contributed by atoms with Crippen LogP contribution in [0.25, 0.3) is 0 Å². The number of hydrogen-bond donors (Lipinski definition) is 2. The molecule has 94 valence electrons. The van der Waals surface area contributed by atoms with Gasteiger partial charge in [0.25, 0.3) is 5.56 Å². The minimum absolute atomic E-state index is 0.128. The lowest BCUT2D eigenvalue weighted by Crippen LogP contribution is -2.30. The predicted molar refractivity (Wildman–Crippen MR) is 64.9 cm³/mol. The molecule has 0 aliphatic heterocycles. The first-order valence-corrected chi connectivity index (χ1v) is 5.37. The molecule has 0 radical (unpaired) electrons. The van der Waals surface area contributed by atoms with Crippen molar-refractivity contribution in [3.8, 4) is 0 Å². The van der Waals surface area contributed by atoms with Crippen LogP contribution in [0, 0.1) is 6.92 Å². The first kappa shape index (κ1) is 12.1. The molecule has 1 amide bonds. The van der Waals surface area contributed by atoms with Gasteiger partial charge in [-0.05, 0) is 19.1 Å². The van der Waals surface area contributed by atoms with Crippen LogP contribution in [-0.2, 0) is 6.54 Å². The number of hydrazine groups is 1. The van der Waals surface area contributed by atoms with Crippen molar-refractivity contribution in [3.63, 3.8) is 0 Å². The van der Waals surface area contributed by atoms with Crippen LogP contribution in [0.4, 0.5) is 0 Å². The van der Waals surface area contributed by atoms with Gasteiger partial charge in [0.05, 0.1) is 6.54 Å². The Morgan fingerprint density at radius 3 is 2.94 bits per heavy atom. The third-order valence-electron chi connectivity index (χ3n) is 2.53. The van der Waals surface area contributed by atoms with Gasteiger partial charge in [-0.1, -0.05) is 6.07 Å². The van der Waals surface area contributed by atoms with Crippen molar-refractivity contribution < 1.29 is 9.21 Å². The van der Waals surface area contributed by atoms with Crippen molar-refractivity contribution in [2.45, 2.75) is 13.5 Å². The van der Waals surface area contributed by atoms with Gasteiger partial charge in [-0.15, -0.1) is 0 Å². The zero-order chi connectivity index (χ0) is 13.1. The maximum absolute atomic E-state index is 11.5. The topological polar surface area (TPSA) is 90.3 Å². The average Bonchev–Trinajstić information content (AvgIpc) is 2.72. The van der Waals surface area contributed by atoms with Gasteiger partial charge in [-0.3, -0.25) is 15.0 Å². The molecule has 0 spiro atoms. The van der Waals surface area contributed by atoms with E-state index in [-0.39, 0.29) is 17.9 Å². The lowest BCUT2D eigenvalue weighted by molar-refractivity contribution is 0.0923. The summed E-state index contributed by atoms with van der Waals surface area (Å²) in [4.78, 5) is 22.9. The van der Waals surface area contributed by atoms with Gasteiger partial charge < -0.3 is 8.98 Å². The number of aryl methyl sites for hydroxylation is 1. The summed E-state index contributed by atoms with van der Waals surface area (Å²) >= 11 is 0. The molecule has 0 atom stereocenters. The Labute approximate surface area is 103 Å². The Bertz CT molecular complexity index is 627. The van der Waals surface area contributed by atoms with Crippen LogP contribution >= 0.6 is 0 Å². The first-order chi connectivity index (χ1) is 8.61. The maximum atomic E-state index is 11.5. The SMILES string of the molecule is Cc1cc(Cn2ccccc2=O)oc1C(=O)NN. The van der Waals surface area contributed by atoms with E-state index in [9.17, 15) is 9.59 Å².